The average Bonchev–Trinajstić information content (AvgIpc) is 3.04. The smallest absolute Gasteiger partial charge is 0.317 e. The molecule has 1 N–H and O–H groups in total. The molecule has 24 heavy (non-hydrogen) atoms. The molecule has 1 aliphatic heterocycles. The minimum atomic E-state index is -0.0550. The molecule has 0 atom stereocenters. The summed E-state index contributed by atoms with van der Waals surface area (Å²) in [6.07, 6.45) is 2.75. The van der Waals surface area contributed by atoms with E-state index in [1.807, 2.05) is 28.6 Å². The number of carbonyl (C=O) groups is 1. The molecule has 0 radical (unpaired) electrons. The first-order chi connectivity index (χ1) is 11.8. The van der Waals surface area contributed by atoms with Crippen LogP contribution in [-0.4, -0.2) is 54.2 Å². The summed E-state index contributed by atoms with van der Waals surface area (Å²) in [5.74, 6) is 0.551. The first kappa shape index (κ1) is 16.5. The Balaban J connectivity index is 1.51. The third-order valence-electron chi connectivity index (χ3n) is 3.88. The molecule has 1 saturated heterocycles. The largest absolute Gasteiger partial charge is 0.481 e. The first-order valence-electron chi connectivity index (χ1n) is 7.93. The number of thiazole rings is 1. The van der Waals surface area contributed by atoms with E-state index in [9.17, 15) is 4.79 Å². The van der Waals surface area contributed by atoms with Crippen molar-refractivity contribution in [2.45, 2.75) is 13.0 Å². The normalized spacial score (nSPS) is 15.0. The fourth-order valence-electron chi connectivity index (χ4n) is 2.63. The van der Waals surface area contributed by atoms with Gasteiger partial charge in [-0.2, -0.15) is 0 Å². The molecule has 0 saturated carbocycles. The highest BCUT2D eigenvalue weighted by molar-refractivity contribution is 7.13. The number of nitrogens with zero attached hydrogens (tertiary/aromatic N) is 4. The van der Waals surface area contributed by atoms with E-state index in [1.165, 1.54) is 0 Å². The Bertz CT molecular complexity index is 664. The van der Waals surface area contributed by atoms with Crippen LogP contribution in [0.2, 0.25) is 0 Å². The SMILES string of the molecule is COc1cccc(CNC(=O)N2CCCN(c3nccs3)CC2)n1. The Kier molecular flexibility index (Phi) is 5.47. The van der Waals surface area contributed by atoms with Gasteiger partial charge in [0, 0.05) is 43.8 Å². The van der Waals surface area contributed by atoms with E-state index in [4.69, 9.17) is 4.74 Å². The number of urea groups is 1. The molecule has 3 rings (SSSR count). The Labute approximate surface area is 145 Å². The zero-order valence-electron chi connectivity index (χ0n) is 13.6. The fourth-order valence-corrected chi connectivity index (χ4v) is 3.33. The van der Waals surface area contributed by atoms with Gasteiger partial charge in [-0.15, -0.1) is 11.3 Å². The summed E-state index contributed by atoms with van der Waals surface area (Å²) in [4.78, 5) is 25.1. The topological polar surface area (TPSA) is 70.6 Å². The van der Waals surface area contributed by atoms with Gasteiger partial charge in [0.05, 0.1) is 19.3 Å². The van der Waals surface area contributed by atoms with Crippen LogP contribution in [0.3, 0.4) is 0 Å². The van der Waals surface area contributed by atoms with Crippen LogP contribution in [0, 0.1) is 0 Å². The molecular weight excluding hydrogens is 326 g/mol. The van der Waals surface area contributed by atoms with E-state index in [-0.39, 0.29) is 6.03 Å². The van der Waals surface area contributed by atoms with Crippen LogP contribution in [0.1, 0.15) is 12.1 Å². The highest BCUT2D eigenvalue weighted by Gasteiger charge is 2.20. The summed E-state index contributed by atoms with van der Waals surface area (Å²) in [5, 5.41) is 5.94. The molecule has 0 unspecified atom stereocenters. The van der Waals surface area contributed by atoms with E-state index < -0.39 is 0 Å². The molecule has 3 heterocycles. The molecule has 1 aliphatic rings. The summed E-state index contributed by atoms with van der Waals surface area (Å²) in [5.41, 5.74) is 0.780. The molecule has 2 aromatic heterocycles. The third kappa shape index (κ3) is 4.14. The van der Waals surface area contributed by atoms with Gasteiger partial charge in [-0.1, -0.05) is 6.07 Å². The van der Waals surface area contributed by atoms with E-state index in [2.05, 4.69) is 20.2 Å². The van der Waals surface area contributed by atoms with Crippen LogP contribution in [0.25, 0.3) is 0 Å². The van der Waals surface area contributed by atoms with Gasteiger partial charge >= 0.3 is 6.03 Å². The van der Waals surface area contributed by atoms with Crippen molar-refractivity contribution in [1.82, 2.24) is 20.2 Å². The molecule has 128 valence electrons. The average molecular weight is 347 g/mol. The lowest BCUT2D eigenvalue weighted by Crippen LogP contribution is -2.41. The van der Waals surface area contributed by atoms with Crippen LogP contribution in [0.4, 0.5) is 9.93 Å². The maximum absolute atomic E-state index is 12.4. The van der Waals surface area contributed by atoms with Gasteiger partial charge in [0.2, 0.25) is 5.88 Å². The van der Waals surface area contributed by atoms with Crippen molar-refractivity contribution < 1.29 is 9.53 Å². The lowest BCUT2D eigenvalue weighted by Gasteiger charge is -2.22. The summed E-state index contributed by atoms with van der Waals surface area (Å²) in [6, 6.07) is 5.47. The monoisotopic (exact) mass is 347 g/mol. The fraction of sp³-hybridized carbons (Fsp3) is 0.438. The molecule has 0 aliphatic carbocycles. The molecule has 0 aromatic carbocycles. The minimum Gasteiger partial charge on any atom is -0.481 e. The maximum atomic E-state index is 12.4. The number of amides is 2. The van der Waals surface area contributed by atoms with Crippen LogP contribution in [-0.2, 0) is 6.54 Å². The van der Waals surface area contributed by atoms with Crippen LogP contribution < -0.4 is 15.0 Å². The van der Waals surface area contributed by atoms with E-state index in [1.54, 1.807) is 24.5 Å². The summed E-state index contributed by atoms with van der Waals surface area (Å²) >= 11 is 1.63. The number of aromatic nitrogens is 2. The van der Waals surface area contributed by atoms with Gasteiger partial charge in [0.15, 0.2) is 5.13 Å². The molecular formula is C16H21N5O2S. The van der Waals surface area contributed by atoms with E-state index in [0.29, 0.717) is 19.0 Å². The number of nitrogens with one attached hydrogen (secondary N) is 1. The van der Waals surface area contributed by atoms with Crippen molar-refractivity contribution in [1.29, 1.82) is 0 Å². The van der Waals surface area contributed by atoms with Gasteiger partial charge in [-0.3, -0.25) is 0 Å². The molecule has 0 bridgehead atoms. The van der Waals surface area contributed by atoms with Gasteiger partial charge in [0.25, 0.3) is 0 Å². The summed E-state index contributed by atoms with van der Waals surface area (Å²) < 4.78 is 5.10. The third-order valence-corrected chi connectivity index (χ3v) is 4.72. The Morgan fingerprint density at radius 3 is 3.04 bits per heavy atom. The number of anilines is 1. The highest BCUT2D eigenvalue weighted by atomic mass is 32.1. The first-order valence-corrected chi connectivity index (χ1v) is 8.81. The predicted octanol–water partition coefficient (Wildman–Crippen LogP) is 1.97. The number of ether oxygens (including phenoxy) is 1. The highest BCUT2D eigenvalue weighted by Crippen LogP contribution is 2.19. The van der Waals surface area contributed by atoms with E-state index in [0.717, 1.165) is 36.9 Å². The van der Waals surface area contributed by atoms with Crippen molar-refractivity contribution in [2.24, 2.45) is 0 Å². The Morgan fingerprint density at radius 2 is 2.25 bits per heavy atom. The molecule has 8 heteroatoms. The van der Waals surface area contributed by atoms with Gasteiger partial charge < -0.3 is 19.9 Å². The second-order valence-electron chi connectivity index (χ2n) is 5.47. The second-order valence-corrected chi connectivity index (χ2v) is 6.35. The van der Waals surface area contributed by atoms with Gasteiger partial charge in [-0.05, 0) is 12.5 Å². The zero-order valence-corrected chi connectivity index (χ0v) is 14.5. The van der Waals surface area contributed by atoms with Crippen molar-refractivity contribution in [3.63, 3.8) is 0 Å². The second kappa shape index (κ2) is 7.96. The zero-order chi connectivity index (χ0) is 16.8. The van der Waals surface area contributed by atoms with Crippen molar-refractivity contribution in [3.8, 4) is 5.88 Å². The molecule has 7 nitrogen and oxygen atoms in total. The number of pyridine rings is 1. The number of methoxy groups -OCH3 is 1. The molecule has 1 fully saturated rings. The maximum Gasteiger partial charge on any atom is 0.317 e. The van der Waals surface area contributed by atoms with Gasteiger partial charge in [-0.25, -0.2) is 14.8 Å². The molecule has 2 amide bonds. The predicted molar refractivity (Wildman–Crippen MR) is 93.5 cm³/mol. The van der Waals surface area contributed by atoms with Crippen molar-refractivity contribution >= 4 is 22.5 Å². The minimum absolute atomic E-state index is 0.0550. The van der Waals surface area contributed by atoms with E-state index >= 15 is 0 Å². The van der Waals surface area contributed by atoms with Crippen LogP contribution >= 0.6 is 11.3 Å². The van der Waals surface area contributed by atoms with Crippen molar-refractivity contribution in [3.05, 3.63) is 35.5 Å². The quantitative estimate of drug-likeness (QED) is 0.916. The number of carbonyl (C=O) groups excluding carboxylic acids is 1. The lowest BCUT2D eigenvalue weighted by molar-refractivity contribution is 0.201. The van der Waals surface area contributed by atoms with Crippen molar-refractivity contribution in [2.75, 3.05) is 38.2 Å². The summed E-state index contributed by atoms with van der Waals surface area (Å²) in [6.45, 7) is 3.56. The van der Waals surface area contributed by atoms with Crippen LogP contribution in [0.5, 0.6) is 5.88 Å². The summed E-state index contributed by atoms with van der Waals surface area (Å²) in [7, 11) is 1.58. The van der Waals surface area contributed by atoms with Gasteiger partial charge in [0.1, 0.15) is 0 Å². The number of rotatable bonds is 4. The molecule has 0 spiro atoms. The Morgan fingerprint density at radius 1 is 1.33 bits per heavy atom. The number of hydrogen-bond donors (Lipinski definition) is 1. The lowest BCUT2D eigenvalue weighted by atomic mass is 10.3. The Hall–Kier alpha value is -2.35. The standard InChI is InChI=1S/C16H21N5O2S/c1-23-14-5-2-4-13(19-14)12-18-15(22)20-7-3-8-21(10-9-20)16-17-6-11-24-16/h2,4-6,11H,3,7-10,12H2,1H3,(H,18,22). The number of hydrogen-bond acceptors (Lipinski definition) is 6. The molecule has 2 aromatic rings. The van der Waals surface area contributed by atoms with Crippen LogP contribution in [0.15, 0.2) is 29.8 Å².